The van der Waals surface area contributed by atoms with Crippen LogP contribution < -0.4 is 5.32 Å². The third kappa shape index (κ3) is 2.35. The van der Waals surface area contributed by atoms with Crippen LogP contribution >= 0.6 is 0 Å². The highest BCUT2D eigenvalue weighted by atomic mass is 15.3. The Morgan fingerprint density at radius 3 is 2.91 bits per heavy atom. The van der Waals surface area contributed by atoms with E-state index in [2.05, 4.69) is 17.3 Å². The van der Waals surface area contributed by atoms with Crippen molar-refractivity contribution in [2.45, 2.75) is 26.4 Å². The zero-order chi connectivity index (χ0) is 8.27. The van der Waals surface area contributed by atoms with Gasteiger partial charge in [0.05, 0.1) is 12.7 Å². The molecule has 1 heterocycles. The molecule has 62 valence electrons. The summed E-state index contributed by atoms with van der Waals surface area (Å²) in [6.07, 6.45) is 3.93. The van der Waals surface area contributed by atoms with Crippen LogP contribution in [0.1, 0.15) is 12.5 Å². The van der Waals surface area contributed by atoms with E-state index >= 15 is 0 Å². The van der Waals surface area contributed by atoms with Gasteiger partial charge in [-0.3, -0.25) is 4.68 Å². The van der Waals surface area contributed by atoms with Gasteiger partial charge in [-0.25, -0.2) is 0 Å². The van der Waals surface area contributed by atoms with E-state index in [1.165, 1.54) is 5.56 Å². The minimum atomic E-state index is 0.481. The van der Waals surface area contributed by atoms with Crippen LogP contribution in [0.2, 0.25) is 0 Å². The normalized spacial score (nSPS) is 13.4. The molecule has 0 bridgehead atoms. The molecule has 3 nitrogen and oxygen atoms in total. The van der Waals surface area contributed by atoms with E-state index in [9.17, 15) is 0 Å². The summed E-state index contributed by atoms with van der Waals surface area (Å²) < 4.78 is 1.95. The van der Waals surface area contributed by atoms with Crippen molar-refractivity contribution in [3.8, 4) is 0 Å². The first-order valence-corrected chi connectivity index (χ1v) is 3.88. The Morgan fingerprint density at radius 2 is 2.45 bits per heavy atom. The fourth-order valence-electron chi connectivity index (χ4n) is 0.939. The van der Waals surface area contributed by atoms with Crippen molar-refractivity contribution in [1.29, 1.82) is 0 Å². The number of nitrogens with zero attached hydrogens (tertiary/aromatic N) is 2. The van der Waals surface area contributed by atoms with Crippen molar-refractivity contribution in [1.82, 2.24) is 15.1 Å². The number of hydrogen-bond donors (Lipinski definition) is 1. The summed E-state index contributed by atoms with van der Waals surface area (Å²) in [5, 5.41) is 7.34. The van der Waals surface area contributed by atoms with Crippen LogP contribution in [-0.2, 0) is 6.54 Å². The minimum Gasteiger partial charge on any atom is -0.315 e. The molecule has 1 aromatic heterocycles. The Morgan fingerprint density at radius 1 is 1.73 bits per heavy atom. The van der Waals surface area contributed by atoms with Gasteiger partial charge in [-0.2, -0.15) is 5.10 Å². The van der Waals surface area contributed by atoms with E-state index in [4.69, 9.17) is 0 Å². The van der Waals surface area contributed by atoms with Crippen LogP contribution in [0.25, 0.3) is 0 Å². The molecule has 0 amide bonds. The number of likely N-dealkylation sites (N-methyl/N-ethyl adjacent to an activating group) is 1. The molecule has 0 aliphatic carbocycles. The Labute approximate surface area is 67.4 Å². The third-order valence-electron chi connectivity index (χ3n) is 1.72. The molecule has 0 aromatic carbocycles. The predicted molar refractivity (Wildman–Crippen MR) is 45.5 cm³/mol. The summed E-state index contributed by atoms with van der Waals surface area (Å²) in [6, 6.07) is 0.481. The fourth-order valence-corrected chi connectivity index (χ4v) is 0.939. The second-order valence-electron chi connectivity index (χ2n) is 2.93. The molecule has 1 rings (SSSR count). The number of rotatable bonds is 3. The van der Waals surface area contributed by atoms with Crippen molar-refractivity contribution in [3.63, 3.8) is 0 Å². The van der Waals surface area contributed by atoms with E-state index in [1.54, 1.807) is 0 Å². The van der Waals surface area contributed by atoms with E-state index in [-0.39, 0.29) is 0 Å². The van der Waals surface area contributed by atoms with Crippen molar-refractivity contribution in [3.05, 3.63) is 18.0 Å². The Balaban J connectivity index is 2.50. The predicted octanol–water partition coefficient (Wildman–Crippen LogP) is 0.799. The first-order chi connectivity index (χ1) is 5.22. The highest BCUT2D eigenvalue weighted by Gasteiger charge is 1.99. The van der Waals surface area contributed by atoms with E-state index in [0.29, 0.717) is 6.04 Å². The van der Waals surface area contributed by atoms with Crippen LogP contribution in [0.5, 0.6) is 0 Å². The van der Waals surface area contributed by atoms with Crippen LogP contribution in [0, 0.1) is 6.92 Å². The zero-order valence-corrected chi connectivity index (χ0v) is 7.33. The number of hydrogen-bond acceptors (Lipinski definition) is 2. The average Bonchev–Trinajstić information content (AvgIpc) is 2.35. The summed E-state index contributed by atoms with van der Waals surface area (Å²) >= 11 is 0. The molecule has 1 atom stereocenters. The average molecular weight is 153 g/mol. The smallest absolute Gasteiger partial charge is 0.0559 e. The van der Waals surface area contributed by atoms with Gasteiger partial charge in [0.1, 0.15) is 0 Å². The largest absolute Gasteiger partial charge is 0.315 e. The van der Waals surface area contributed by atoms with Gasteiger partial charge in [-0.1, -0.05) is 0 Å². The van der Waals surface area contributed by atoms with E-state index < -0.39 is 0 Å². The van der Waals surface area contributed by atoms with Crippen LogP contribution in [-0.4, -0.2) is 22.9 Å². The van der Waals surface area contributed by atoms with Gasteiger partial charge in [0.25, 0.3) is 0 Å². The van der Waals surface area contributed by atoms with E-state index in [1.807, 2.05) is 31.0 Å². The quantitative estimate of drug-likeness (QED) is 0.696. The highest BCUT2D eigenvalue weighted by molar-refractivity contribution is 4.99. The Hall–Kier alpha value is -0.830. The third-order valence-corrected chi connectivity index (χ3v) is 1.72. The lowest BCUT2D eigenvalue weighted by molar-refractivity contribution is 0.481. The van der Waals surface area contributed by atoms with Crippen LogP contribution in [0.3, 0.4) is 0 Å². The minimum absolute atomic E-state index is 0.481. The van der Waals surface area contributed by atoms with Crippen LogP contribution in [0.15, 0.2) is 12.4 Å². The molecule has 11 heavy (non-hydrogen) atoms. The molecule has 0 radical (unpaired) electrons. The molecular weight excluding hydrogens is 138 g/mol. The summed E-state index contributed by atoms with van der Waals surface area (Å²) in [5.74, 6) is 0. The number of aryl methyl sites for hydroxylation is 1. The maximum absolute atomic E-state index is 4.18. The highest BCUT2D eigenvalue weighted by Crippen LogP contribution is 1.95. The molecule has 0 aliphatic heterocycles. The van der Waals surface area contributed by atoms with Gasteiger partial charge in [0.2, 0.25) is 0 Å². The summed E-state index contributed by atoms with van der Waals surface area (Å²) in [7, 11) is 1.96. The maximum Gasteiger partial charge on any atom is 0.0559 e. The van der Waals surface area contributed by atoms with Gasteiger partial charge in [-0.05, 0) is 26.5 Å². The molecule has 0 saturated carbocycles. The Kier molecular flexibility index (Phi) is 2.65. The molecule has 0 aliphatic rings. The summed E-state index contributed by atoms with van der Waals surface area (Å²) in [4.78, 5) is 0. The summed E-state index contributed by atoms with van der Waals surface area (Å²) in [5.41, 5.74) is 1.22. The fraction of sp³-hybridized carbons (Fsp3) is 0.625. The standard InChI is InChI=1S/C8H15N3/c1-7-4-10-11(5-7)6-8(2)9-3/h4-5,8-9H,6H2,1-3H3. The molecule has 1 unspecified atom stereocenters. The molecule has 1 aromatic rings. The van der Waals surface area contributed by atoms with Gasteiger partial charge >= 0.3 is 0 Å². The summed E-state index contributed by atoms with van der Waals surface area (Å²) in [6.45, 7) is 5.12. The molecular formula is C8H15N3. The van der Waals surface area contributed by atoms with Crippen molar-refractivity contribution in [2.24, 2.45) is 0 Å². The molecule has 3 heteroatoms. The van der Waals surface area contributed by atoms with Gasteiger partial charge in [0, 0.05) is 12.2 Å². The zero-order valence-electron chi connectivity index (χ0n) is 7.33. The monoisotopic (exact) mass is 153 g/mol. The van der Waals surface area contributed by atoms with Gasteiger partial charge < -0.3 is 5.32 Å². The topological polar surface area (TPSA) is 29.9 Å². The van der Waals surface area contributed by atoms with Crippen molar-refractivity contribution >= 4 is 0 Å². The molecule has 1 N–H and O–H groups in total. The second-order valence-corrected chi connectivity index (χ2v) is 2.93. The second kappa shape index (κ2) is 3.53. The van der Waals surface area contributed by atoms with Gasteiger partial charge in [-0.15, -0.1) is 0 Å². The Bertz CT molecular complexity index is 217. The number of aromatic nitrogens is 2. The maximum atomic E-state index is 4.18. The van der Waals surface area contributed by atoms with Crippen LogP contribution in [0.4, 0.5) is 0 Å². The first kappa shape index (κ1) is 8.27. The lowest BCUT2D eigenvalue weighted by Crippen LogP contribution is -2.26. The molecule has 0 saturated heterocycles. The first-order valence-electron chi connectivity index (χ1n) is 3.88. The SMILES string of the molecule is CNC(C)Cn1cc(C)cn1. The van der Waals surface area contributed by atoms with Crippen molar-refractivity contribution < 1.29 is 0 Å². The lowest BCUT2D eigenvalue weighted by atomic mass is 10.3. The lowest BCUT2D eigenvalue weighted by Gasteiger charge is -2.08. The number of nitrogens with one attached hydrogen (secondary N) is 1. The molecule has 0 spiro atoms. The van der Waals surface area contributed by atoms with E-state index in [0.717, 1.165) is 6.54 Å². The van der Waals surface area contributed by atoms with Crippen molar-refractivity contribution in [2.75, 3.05) is 7.05 Å². The molecule has 0 fully saturated rings. The van der Waals surface area contributed by atoms with Gasteiger partial charge in [0.15, 0.2) is 0 Å².